The van der Waals surface area contributed by atoms with Gasteiger partial charge in [-0.1, -0.05) is 6.07 Å². The van der Waals surface area contributed by atoms with Gasteiger partial charge in [-0.3, -0.25) is 9.78 Å². The summed E-state index contributed by atoms with van der Waals surface area (Å²) in [6.07, 6.45) is 2.23. The Labute approximate surface area is 190 Å². The van der Waals surface area contributed by atoms with Crippen LogP contribution in [-0.4, -0.2) is 43.4 Å². The highest BCUT2D eigenvalue weighted by molar-refractivity contribution is 6.18. The number of H-pyrrole nitrogens is 1. The van der Waals surface area contributed by atoms with Gasteiger partial charge in [0.15, 0.2) is 5.78 Å². The molecule has 5 rings (SSSR count). The van der Waals surface area contributed by atoms with Gasteiger partial charge in [-0.05, 0) is 36.6 Å². The predicted octanol–water partition coefficient (Wildman–Crippen LogP) is 4.56. The Morgan fingerprint density at radius 3 is 2.59 bits per heavy atom. The average Bonchev–Trinajstić information content (AvgIpc) is 3.56. The zero-order valence-corrected chi connectivity index (χ0v) is 17.7. The van der Waals surface area contributed by atoms with Gasteiger partial charge >= 0.3 is 6.18 Å². The van der Waals surface area contributed by atoms with E-state index < -0.39 is 24.5 Å². The lowest BCUT2D eigenvalue weighted by Gasteiger charge is -2.10. The molecule has 4 aromatic heterocycles. The van der Waals surface area contributed by atoms with Crippen LogP contribution in [0.25, 0.3) is 11.0 Å². The van der Waals surface area contributed by atoms with Crippen molar-refractivity contribution in [3.8, 4) is 0 Å². The van der Waals surface area contributed by atoms with Crippen LogP contribution in [0.4, 0.5) is 23.4 Å². The van der Waals surface area contributed by atoms with Crippen LogP contribution in [0, 0.1) is 5.95 Å². The molecule has 0 bridgehead atoms. The molecule has 0 aromatic carbocycles. The highest BCUT2D eigenvalue weighted by Crippen LogP contribution is 2.38. The fourth-order valence-electron chi connectivity index (χ4n) is 3.71. The van der Waals surface area contributed by atoms with Crippen LogP contribution in [0.15, 0.2) is 43.0 Å². The number of halogens is 4. The third-order valence-corrected chi connectivity index (χ3v) is 5.55. The van der Waals surface area contributed by atoms with Crippen molar-refractivity contribution in [3.05, 3.63) is 77.0 Å². The highest BCUT2D eigenvalue weighted by atomic mass is 19.4. The number of anilines is 1. The molecule has 0 unspecified atom stereocenters. The molecule has 0 aliphatic heterocycles. The second kappa shape index (κ2) is 8.47. The fourth-order valence-corrected chi connectivity index (χ4v) is 3.71. The first-order valence-corrected chi connectivity index (χ1v) is 10.6. The van der Waals surface area contributed by atoms with E-state index in [0.29, 0.717) is 18.0 Å². The number of alkyl halides is 3. The zero-order chi connectivity index (χ0) is 23.9. The number of pyridine rings is 2. The van der Waals surface area contributed by atoms with Crippen molar-refractivity contribution in [2.75, 3.05) is 11.9 Å². The lowest BCUT2D eigenvalue weighted by molar-refractivity contribution is -0.115. The maximum atomic E-state index is 14.8. The molecule has 4 heterocycles. The molecule has 1 saturated carbocycles. The molecular weight excluding hydrogens is 452 g/mol. The molecule has 2 N–H and O–H groups in total. The zero-order valence-electron chi connectivity index (χ0n) is 17.7. The molecule has 0 spiro atoms. The van der Waals surface area contributed by atoms with Crippen LogP contribution >= 0.6 is 0 Å². The summed E-state index contributed by atoms with van der Waals surface area (Å²) >= 11 is 0. The van der Waals surface area contributed by atoms with E-state index in [9.17, 15) is 22.4 Å². The summed E-state index contributed by atoms with van der Waals surface area (Å²) in [5.41, 5.74) is 2.12. The van der Waals surface area contributed by atoms with Crippen molar-refractivity contribution in [1.29, 1.82) is 0 Å². The first-order chi connectivity index (χ1) is 16.3. The van der Waals surface area contributed by atoms with Crippen molar-refractivity contribution < 1.29 is 22.4 Å². The highest BCUT2D eigenvalue weighted by Gasteiger charge is 2.28. The molecule has 0 radical (unpaired) electrons. The minimum atomic E-state index is -4.49. The van der Waals surface area contributed by atoms with Gasteiger partial charge in [0.2, 0.25) is 5.95 Å². The quantitative estimate of drug-likeness (QED) is 0.234. The summed E-state index contributed by atoms with van der Waals surface area (Å²) in [6.45, 7) is -1.35. The molecule has 0 atom stereocenters. The Morgan fingerprint density at radius 2 is 1.91 bits per heavy atom. The number of fused-ring (bicyclic) bond motifs is 1. The second-order valence-electron chi connectivity index (χ2n) is 8.13. The number of rotatable bonds is 7. The monoisotopic (exact) mass is 470 g/mol. The number of nitrogens with zero attached hydrogens (tertiary/aromatic N) is 4. The molecule has 4 aromatic rings. The molecule has 1 aliphatic rings. The molecule has 7 nitrogen and oxygen atoms in total. The number of ketones is 1. The van der Waals surface area contributed by atoms with Gasteiger partial charge in [0.25, 0.3) is 0 Å². The van der Waals surface area contributed by atoms with Gasteiger partial charge in [-0.15, -0.1) is 0 Å². The van der Waals surface area contributed by atoms with E-state index in [0.717, 1.165) is 30.4 Å². The average molecular weight is 470 g/mol. The maximum absolute atomic E-state index is 14.8. The van der Waals surface area contributed by atoms with Crippen LogP contribution in [0.2, 0.25) is 0 Å². The van der Waals surface area contributed by atoms with E-state index in [1.54, 1.807) is 12.3 Å². The number of aromatic nitrogens is 5. The fraction of sp³-hybridized carbons (Fsp3) is 0.261. The van der Waals surface area contributed by atoms with Crippen LogP contribution in [0.1, 0.15) is 51.6 Å². The summed E-state index contributed by atoms with van der Waals surface area (Å²) < 4.78 is 52.8. The van der Waals surface area contributed by atoms with Crippen molar-refractivity contribution in [1.82, 2.24) is 24.9 Å². The molecule has 1 aliphatic carbocycles. The Kier molecular flexibility index (Phi) is 5.46. The number of carbonyl (C=O) groups is 1. The number of hydrogen-bond donors (Lipinski definition) is 2. The number of hydrogen-bond acceptors (Lipinski definition) is 6. The van der Waals surface area contributed by atoms with Crippen LogP contribution in [0.5, 0.6) is 0 Å². The van der Waals surface area contributed by atoms with Gasteiger partial charge in [-0.25, -0.2) is 15.0 Å². The van der Waals surface area contributed by atoms with E-state index in [1.807, 2.05) is 12.1 Å². The summed E-state index contributed by atoms with van der Waals surface area (Å²) in [4.78, 5) is 31.9. The van der Waals surface area contributed by atoms with E-state index in [-0.39, 0.29) is 28.0 Å². The SMILES string of the molecule is O=C(c1ccc(Cc2ccc(C3CC3)nc2)nc1F)c1c[nH]c2ncnc(NCC(F)(F)F)c12. The maximum Gasteiger partial charge on any atom is 0.405 e. The third kappa shape index (κ3) is 4.59. The van der Waals surface area contributed by atoms with Crippen molar-refractivity contribution in [3.63, 3.8) is 0 Å². The Balaban J connectivity index is 1.39. The van der Waals surface area contributed by atoms with Gasteiger partial charge in [0.05, 0.1) is 16.5 Å². The first-order valence-electron chi connectivity index (χ1n) is 10.6. The third-order valence-electron chi connectivity index (χ3n) is 5.55. The van der Waals surface area contributed by atoms with Crippen LogP contribution in [0.3, 0.4) is 0 Å². The van der Waals surface area contributed by atoms with E-state index >= 15 is 0 Å². The van der Waals surface area contributed by atoms with Gasteiger partial charge < -0.3 is 10.3 Å². The molecule has 34 heavy (non-hydrogen) atoms. The smallest absolute Gasteiger partial charge is 0.360 e. The minimum absolute atomic E-state index is 0.0436. The molecule has 1 fully saturated rings. The second-order valence-corrected chi connectivity index (χ2v) is 8.13. The lowest BCUT2D eigenvalue weighted by atomic mass is 10.0. The topological polar surface area (TPSA) is 96.5 Å². The van der Waals surface area contributed by atoms with Crippen LogP contribution < -0.4 is 5.32 Å². The molecule has 174 valence electrons. The largest absolute Gasteiger partial charge is 0.405 e. The summed E-state index contributed by atoms with van der Waals surface area (Å²) in [7, 11) is 0. The Morgan fingerprint density at radius 1 is 1.09 bits per heavy atom. The van der Waals surface area contributed by atoms with E-state index in [1.165, 1.54) is 12.3 Å². The predicted molar refractivity (Wildman–Crippen MR) is 115 cm³/mol. The Hall–Kier alpha value is -3.89. The summed E-state index contributed by atoms with van der Waals surface area (Å²) in [5.74, 6) is -1.36. The van der Waals surface area contributed by atoms with Crippen molar-refractivity contribution >= 4 is 22.6 Å². The number of aromatic amines is 1. The van der Waals surface area contributed by atoms with Gasteiger partial charge in [-0.2, -0.15) is 17.6 Å². The van der Waals surface area contributed by atoms with Crippen LogP contribution in [-0.2, 0) is 6.42 Å². The van der Waals surface area contributed by atoms with Gasteiger partial charge in [0, 0.05) is 36.1 Å². The van der Waals surface area contributed by atoms with Crippen molar-refractivity contribution in [2.45, 2.75) is 31.4 Å². The summed E-state index contributed by atoms with van der Waals surface area (Å²) in [5, 5.41) is 2.21. The number of carbonyl (C=O) groups excluding carboxylic acids is 1. The standard InChI is InChI=1S/C23H18F4N6O/c24-20-15(5-4-14(33-20)7-12-1-6-17(28-8-12)13-2-3-13)19(34)16-9-29-21-18(16)22(32-11-31-21)30-10-23(25,26)27/h1,4-6,8-9,11,13H,2-3,7,10H2,(H2,29,30,31,32). The minimum Gasteiger partial charge on any atom is -0.360 e. The Bertz CT molecular complexity index is 1360. The normalized spacial score (nSPS) is 13.9. The molecule has 11 heteroatoms. The van der Waals surface area contributed by atoms with Crippen molar-refractivity contribution in [2.24, 2.45) is 0 Å². The van der Waals surface area contributed by atoms with E-state index in [2.05, 4.69) is 30.2 Å². The van der Waals surface area contributed by atoms with E-state index in [4.69, 9.17) is 0 Å². The van der Waals surface area contributed by atoms with Gasteiger partial charge in [0.1, 0.15) is 24.3 Å². The first kappa shape index (κ1) is 21.9. The summed E-state index contributed by atoms with van der Waals surface area (Å²) in [6, 6.07) is 6.75. The molecule has 0 amide bonds. The molecular formula is C23H18F4N6O. The number of nitrogens with one attached hydrogen (secondary N) is 2. The lowest BCUT2D eigenvalue weighted by Crippen LogP contribution is -2.22. The molecule has 0 saturated heterocycles.